The molecule has 8 heavy (non-hydrogen) atoms. The molecule has 0 saturated heterocycles. The highest BCUT2D eigenvalue weighted by molar-refractivity contribution is 14.1. The summed E-state index contributed by atoms with van der Waals surface area (Å²) in [6, 6.07) is 0.135. The van der Waals surface area contributed by atoms with Crippen molar-refractivity contribution in [3.8, 4) is 0 Å². The van der Waals surface area contributed by atoms with Crippen molar-refractivity contribution in [2.24, 2.45) is 0 Å². The molecule has 0 nitrogen and oxygen atoms in total. The van der Waals surface area contributed by atoms with Gasteiger partial charge in [-0.15, -0.1) is 0 Å². The summed E-state index contributed by atoms with van der Waals surface area (Å²) in [4.78, 5) is 0. The maximum Gasteiger partial charge on any atom is 0.0631 e. The fourth-order valence-electron chi connectivity index (χ4n) is 0.369. The topological polar surface area (TPSA) is 0 Å². The van der Waals surface area contributed by atoms with Crippen molar-refractivity contribution in [2.75, 3.05) is 0 Å². The quantitative estimate of drug-likeness (QED) is 0.475. The van der Waals surface area contributed by atoms with E-state index in [1.807, 2.05) is 0 Å². The third-order valence-electron chi connectivity index (χ3n) is 0.674. The Labute approximate surface area is 76.9 Å². The molecule has 0 amide bonds. The molecule has 0 spiro atoms. The van der Waals surface area contributed by atoms with Gasteiger partial charge in [0.1, 0.15) is 0 Å². The molecule has 1 rings (SSSR count). The Morgan fingerprint density at radius 2 is 3.00 bits per heavy atom. The van der Waals surface area contributed by atoms with Crippen molar-refractivity contribution in [2.45, 2.75) is 10.3 Å². The SMILES string of the molecule is [2H]C1=CC([2H])=C(Br)C([2H])C1([2H])I. The summed E-state index contributed by atoms with van der Waals surface area (Å²) < 4.78 is 29.1. The summed E-state index contributed by atoms with van der Waals surface area (Å²) in [5.74, 6) is 0. The summed E-state index contributed by atoms with van der Waals surface area (Å²) in [6.45, 7) is 0. The third-order valence-corrected chi connectivity index (χ3v) is 1.75. The largest absolute Gasteiger partial charge is 0.0777 e. The van der Waals surface area contributed by atoms with E-state index in [2.05, 4.69) is 15.9 Å². The molecule has 0 fully saturated rings. The first kappa shape index (κ1) is 3.19. The Morgan fingerprint density at radius 3 is 3.75 bits per heavy atom. The van der Waals surface area contributed by atoms with Crippen LogP contribution in [0.15, 0.2) is 22.7 Å². The summed E-state index contributed by atoms with van der Waals surface area (Å²) >= 11 is 4.82. The average molecular weight is 289 g/mol. The van der Waals surface area contributed by atoms with Crippen molar-refractivity contribution in [1.29, 1.82) is 0 Å². The molecule has 44 valence electrons. The predicted molar refractivity (Wildman–Crippen MR) is 48.6 cm³/mol. The monoisotopic (exact) mass is 288 g/mol. The molecule has 0 heterocycles. The highest BCUT2D eigenvalue weighted by atomic mass is 127. The molecule has 0 aromatic carbocycles. The summed E-state index contributed by atoms with van der Waals surface area (Å²) in [7, 11) is 0. The van der Waals surface area contributed by atoms with Gasteiger partial charge in [-0.25, -0.2) is 0 Å². The first-order chi connectivity index (χ1) is 5.37. The Bertz CT molecular complexity index is 271. The van der Waals surface area contributed by atoms with E-state index in [9.17, 15) is 0 Å². The Morgan fingerprint density at radius 1 is 2.25 bits per heavy atom. The molecular weight excluding hydrogens is 279 g/mol. The van der Waals surface area contributed by atoms with Gasteiger partial charge in [0, 0.05) is 6.64 Å². The van der Waals surface area contributed by atoms with E-state index >= 15 is 0 Å². The first-order valence-electron chi connectivity index (χ1n) is 4.11. The minimum Gasteiger partial charge on any atom is -0.0777 e. The minimum atomic E-state index is -1.26. The lowest BCUT2D eigenvalue weighted by Crippen LogP contribution is -1.94. The van der Waals surface area contributed by atoms with Crippen LogP contribution in [-0.4, -0.2) is 3.90 Å². The number of allylic oxidation sites excluding steroid dienone is 4. The van der Waals surface area contributed by atoms with E-state index in [-0.39, 0.29) is 12.1 Å². The number of halogens is 2. The van der Waals surface area contributed by atoms with Crippen molar-refractivity contribution < 1.29 is 5.48 Å². The summed E-state index contributed by atoms with van der Waals surface area (Å²) in [6.07, 6.45) is 0.428. The molecule has 0 bridgehead atoms. The van der Waals surface area contributed by atoms with Crippen LogP contribution in [0, 0.1) is 0 Å². The molecule has 0 N–H and O–H groups in total. The molecule has 2 atom stereocenters. The lowest BCUT2D eigenvalue weighted by atomic mass is 10.2. The van der Waals surface area contributed by atoms with E-state index in [1.165, 1.54) is 6.08 Å². The van der Waals surface area contributed by atoms with E-state index < -0.39 is 10.3 Å². The second-order valence-electron chi connectivity index (χ2n) is 1.27. The zero-order valence-corrected chi connectivity index (χ0v) is 7.65. The van der Waals surface area contributed by atoms with Crippen LogP contribution in [0.2, 0.25) is 0 Å². The van der Waals surface area contributed by atoms with Crippen molar-refractivity contribution in [1.82, 2.24) is 0 Å². The van der Waals surface area contributed by atoms with E-state index in [1.54, 1.807) is 22.6 Å². The zero-order chi connectivity index (χ0) is 9.52. The van der Waals surface area contributed by atoms with Crippen LogP contribution in [0.25, 0.3) is 0 Å². The highest BCUT2D eigenvalue weighted by Crippen LogP contribution is 2.22. The number of hydrogen-bond donors (Lipinski definition) is 0. The fraction of sp³-hybridized carbons (Fsp3) is 0.333. The normalized spacial score (nSPS) is 55.8. The molecule has 0 aromatic heterocycles. The number of rotatable bonds is 0. The van der Waals surface area contributed by atoms with Gasteiger partial charge < -0.3 is 0 Å². The fourth-order valence-corrected chi connectivity index (χ4v) is 1.61. The zero-order valence-electron chi connectivity index (χ0n) is 7.91. The number of hydrogen-bond acceptors (Lipinski definition) is 0. The standard InChI is InChI=1S/C6H6BrI/c7-5-2-1-3-6(8)4-5/h1-3,6H,4H2/i2D,3D,4D,6D. The van der Waals surface area contributed by atoms with Crippen LogP contribution in [0.5, 0.6) is 0 Å². The Kier molecular flexibility index (Phi) is 1.20. The van der Waals surface area contributed by atoms with Gasteiger partial charge in [0.25, 0.3) is 0 Å². The smallest absolute Gasteiger partial charge is 0.0631 e. The van der Waals surface area contributed by atoms with Gasteiger partial charge in [-0.3, -0.25) is 0 Å². The van der Waals surface area contributed by atoms with E-state index in [0.717, 1.165) is 0 Å². The van der Waals surface area contributed by atoms with Gasteiger partial charge >= 0.3 is 0 Å². The number of alkyl halides is 1. The first-order valence-corrected chi connectivity index (χ1v) is 3.90. The molecule has 2 unspecified atom stereocenters. The molecule has 1 aliphatic rings. The van der Waals surface area contributed by atoms with E-state index in [0.29, 0.717) is 4.48 Å². The lowest BCUT2D eigenvalue weighted by Gasteiger charge is -2.05. The van der Waals surface area contributed by atoms with Crippen LogP contribution in [0.4, 0.5) is 0 Å². The van der Waals surface area contributed by atoms with Crippen molar-refractivity contribution >= 4 is 38.5 Å². The predicted octanol–water partition coefficient (Wildman–Crippen LogP) is 3.03. The summed E-state index contributed by atoms with van der Waals surface area (Å²) in [5, 5.41) is 0. The van der Waals surface area contributed by atoms with Gasteiger partial charge in [-0.05, 0) is 10.9 Å². The second-order valence-corrected chi connectivity index (χ2v) is 3.29. The van der Waals surface area contributed by atoms with E-state index in [4.69, 9.17) is 5.48 Å². The molecule has 0 radical (unpaired) electrons. The van der Waals surface area contributed by atoms with Gasteiger partial charge in [-0.1, -0.05) is 56.7 Å². The van der Waals surface area contributed by atoms with Crippen LogP contribution in [-0.2, 0) is 0 Å². The Balaban J connectivity index is 3.16. The van der Waals surface area contributed by atoms with Gasteiger partial charge in [0.05, 0.1) is 2.74 Å². The molecule has 0 aliphatic heterocycles. The van der Waals surface area contributed by atoms with Gasteiger partial charge in [0.15, 0.2) is 0 Å². The summed E-state index contributed by atoms with van der Waals surface area (Å²) in [5.41, 5.74) is 0. The van der Waals surface area contributed by atoms with Gasteiger partial charge in [0.2, 0.25) is 0 Å². The molecule has 2 heteroatoms. The molecular formula is C6H6BrI. The third kappa shape index (κ3) is 1.90. The molecule has 0 aromatic rings. The molecule has 0 saturated carbocycles. The lowest BCUT2D eigenvalue weighted by molar-refractivity contribution is 1.08. The van der Waals surface area contributed by atoms with Crippen molar-refractivity contribution in [3.05, 3.63) is 22.7 Å². The highest BCUT2D eigenvalue weighted by Gasteiger charge is 2.03. The van der Waals surface area contributed by atoms with Crippen LogP contribution >= 0.6 is 38.5 Å². The van der Waals surface area contributed by atoms with Crippen LogP contribution in [0.1, 0.15) is 11.9 Å². The minimum absolute atomic E-state index is 0.0105. The van der Waals surface area contributed by atoms with Crippen LogP contribution in [0.3, 0.4) is 0 Å². The van der Waals surface area contributed by atoms with Crippen molar-refractivity contribution in [3.63, 3.8) is 0 Å². The second kappa shape index (κ2) is 3.01. The molecule has 1 aliphatic carbocycles. The average Bonchev–Trinajstić information content (AvgIpc) is 1.99. The Hall–Kier alpha value is 0.690. The maximum absolute atomic E-state index is 7.65. The maximum atomic E-state index is 7.65. The van der Waals surface area contributed by atoms with Gasteiger partial charge in [-0.2, -0.15) is 0 Å². The van der Waals surface area contributed by atoms with Crippen LogP contribution < -0.4 is 0 Å².